The molecule has 0 unspecified atom stereocenters. The Bertz CT molecular complexity index is 669. The summed E-state index contributed by atoms with van der Waals surface area (Å²) in [4.78, 5) is 11.5. The molecule has 2 N–H and O–H groups in total. The van der Waals surface area contributed by atoms with Crippen LogP contribution in [-0.2, 0) is 0 Å². The quantitative estimate of drug-likeness (QED) is 0.866. The molecule has 0 aromatic heterocycles. The molecule has 0 bridgehead atoms. The first kappa shape index (κ1) is 15.0. The molecule has 2 aromatic carbocycles. The summed E-state index contributed by atoms with van der Waals surface area (Å²) in [6.07, 6.45) is 2.95. The summed E-state index contributed by atoms with van der Waals surface area (Å²) in [7, 11) is 0. The average Bonchev–Trinajstić information content (AvgIpc) is 2.43. The van der Waals surface area contributed by atoms with Crippen LogP contribution in [0.4, 0.5) is 19.3 Å². The number of nitrogens with one attached hydrogen (secondary N) is 2. The first-order valence-electron chi connectivity index (χ1n) is 6.00. The molecule has 2 rings (SSSR count). The van der Waals surface area contributed by atoms with Crippen LogP contribution in [0.25, 0.3) is 6.08 Å². The molecule has 21 heavy (non-hydrogen) atoms. The zero-order valence-electron chi connectivity index (χ0n) is 10.7. The second-order valence-corrected chi connectivity index (χ2v) is 4.52. The lowest BCUT2D eigenvalue weighted by atomic mass is 10.2. The Hall–Kier alpha value is -2.40. The van der Waals surface area contributed by atoms with Gasteiger partial charge in [0, 0.05) is 11.2 Å². The van der Waals surface area contributed by atoms with Crippen molar-refractivity contribution in [3.05, 3.63) is 70.9 Å². The molecule has 0 aliphatic heterocycles. The average molecular weight is 309 g/mol. The van der Waals surface area contributed by atoms with Crippen molar-refractivity contribution in [3.8, 4) is 0 Å². The summed E-state index contributed by atoms with van der Waals surface area (Å²) in [6, 6.07) is 9.55. The van der Waals surface area contributed by atoms with E-state index in [1.165, 1.54) is 12.3 Å². The molecule has 0 saturated heterocycles. The minimum Gasteiger partial charge on any atom is -0.314 e. The molecule has 108 valence electrons. The maximum atomic E-state index is 13.3. The largest absolute Gasteiger partial charge is 0.323 e. The van der Waals surface area contributed by atoms with E-state index in [-0.39, 0.29) is 0 Å². The summed E-state index contributed by atoms with van der Waals surface area (Å²) in [5, 5.41) is 5.01. The number of hydrogen-bond donors (Lipinski definition) is 2. The molecule has 0 aliphatic carbocycles. The molecule has 0 atom stereocenters. The Labute approximate surface area is 125 Å². The minimum absolute atomic E-state index is 0.494. The van der Waals surface area contributed by atoms with Gasteiger partial charge < -0.3 is 10.6 Å². The molecule has 0 heterocycles. The van der Waals surface area contributed by atoms with Crippen LogP contribution in [-0.4, -0.2) is 6.03 Å². The summed E-state index contributed by atoms with van der Waals surface area (Å²) in [5.74, 6) is -1.69. The van der Waals surface area contributed by atoms with E-state index < -0.39 is 23.4 Å². The lowest BCUT2D eigenvalue weighted by Gasteiger charge is -2.06. The van der Waals surface area contributed by atoms with Crippen LogP contribution >= 0.6 is 11.6 Å². The number of carbonyl (C=O) groups excluding carboxylic acids is 1. The molecule has 0 radical (unpaired) electrons. The monoisotopic (exact) mass is 308 g/mol. The number of hydrogen-bond acceptors (Lipinski definition) is 1. The van der Waals surface area contributed by atoms with Gasteiger partial charge in [-0.1, -0.05) is 29.8 Å². The normalized spacial score (nSPS) is 10.6. The maximum absolute atomic E-state index is 13.3. The van der Waals surface area contributed by atoms with Gasteiger partial charge in [-0.2, -0.15) is 0 Å². The highest BCUT2D eigenvalue weighted by Gasteiger charge is 2.10. The third-order valence-electron chi connectivity index (χ3n) is 2.54. The third kappa shape index (κ3) is 4.29. The van der Waals surface area contributed by atoms with Crippen molar-refractivity contribution >= 4 is 29.4 Å². The van der Waals surface area contributed by atoms with Gasteiger partial charge in [-0.05, 0) is 35.9 Å². The van der Waals surface area contributed by atoms with Crippen molar-refractivity contribution in [1.82, 2.24) is 5.32 Å². The molecule has 2 amide bonds. The number of anilines is 1. The molecular weight excluding hydrogens is 298 g/mol. The smallest absolute Gasteiger partial charge is 0.314 e. The van der Waals surface area contributed by atoms with Gasteiger partial charge in [-0.25, -0.2) is 13.6 Å². The highest BCUT2D eigenvalue weighted by atomic mass is 35.5. The molecule has 6 heteroatoms. The Morgan fingerprint density at radius 1 is 1.10 bits per heavy atom. The van der Waals surface area contributed by atoms with Crippen LogP contribution in [0.15, 0.2) is 48.7 Å². The second kappa shape index (κ2) is 6.85. The van der Waals surface area contributed by atoms with Gasteiger partial charge in [-0.15, -0.1) is 0 Å². The van der Waals surface area contributed by atoms with Gasteiger partial charge in [0.2, 0.25) is 0 Å². The Morgan fingerprint density at radius 3 is 2.43 bits per heavy atom. The number of urea groups is 1. The van der Waals surface area contributed by atoms with E-state index in [0.717, 1.165) is 17.7 Å². The van der Waals surface area contributed by atoms with E-state index in [4.69, 9.17) is 11.6 Å². The molecule has 0 spiro atoms. The van der Waals surface area contributed by atoms with E-state index in [2.05, 4.69) is 10.6 Å². The van der Waals surface area contributed by atoms with Gasteiger partial charge in [0.15, 0.2) is 0 Å². The van der Waals surface area contributed by atoms with E-state index in [9.17, 15) is 13.6 Å². The summed E-state index contributed by atoms with van der Waals surface area (Å²) < 4.78 is 26.7. The van der Waals surface area contributed by atoms with Crippen LogP contribution in [0.5, 0.6) is 0 Å². The highest BCUT2D eigenvalue weighted by molar-refractivity contribution is 6.30. The highest BCUT2D eigenvalue weighted by Crippen LogP contribution is 2.17. The van der Waals surface area contributed by atoms with Crippen LogP contribution < -0.4 is 10.6 Å². The zero-order chi connectivity index (χ0) is 15.2. The lowest BCUT2D eigenvalue weighted by Crippen LogP contribution is -2.24. The molecule has 0 saturated carbocycles. The molecule has 2 aromatic rings. The summed E-state index contributed by atoms with van der Waals surface area (Å²) in [5.41, 5.74) is 0.283. The Balaban J connectivity index is 1.96. The molecule has 3 nitrogen and oxygen atoms in total. The first-order valence-corrected chi connectivity index (χ1v) is 6.38. The fourth-order valence-electron chi connectivity index (χ4n) is 1.59. The van der Waals surface area contributed by atoms with E-state index in [1.54, 1.807) is 30.3 Å². The molecule has 0 fully saturated rings. The minimum atomic E-state index is -0.844. The second-order valence-electron chi connectivity index (χ2n) is 4.08. The van der Waals surface area contributed by atoms with Gasteiger partial charge in [0.25, 0.3) is 0 Å². The van der Waals surface area contributed by atoms with Crippen molar-refractivity contribution in [2.45, 2.75) is 0 Å². The van der Waals surface area contributed by atoms with E-state index in [0.29, 0.717) is 5.02 Å². The van der Waals surface area contributed by atoms with E-state index in [1.807, 2.05) is 0 Å². The standard InChI is InChI=1S/C15H11ClF2N2O/c16-11-4-1-3-10(9-11)7-8-19-15(21)20-14-12(17)5-2-6-13(14)18/h1-9H,(H2,19,20,21)/b8-7+. The number of para-hydroxylation sites is 1. The predicted octanol–water partition coefficient (Wildman–Crippen LogP) is 4.41. The van der Waals surface area contributed by atoms with Crippen LogP contribution in [0, 0.1) is 11.6 Å². The van der Waals surface area contributed by atoms with Crippen LogP contribution in [0.2, 0.25) is 5.02 Å². The van der Waals surface area contributed by atoms with Crippen molar-refractivity contribution < 1.29 is 13.6 Å². The van der Waals surface area contributed by atoms with Crippen LogP contribution in [0.1, 0.15) is 5.56 Å². The van der Waals surface area contributed by atoms with Crippen molar-refractivity contribution in [2.75, 3.05) is 5.32 Å². The number of rotatable bonds is 3. The fourth-order valence-corrected chi connectivity index (χ4v) is 1.79. The Kier molecular flexibility index (Phi) is 4.90. The van der Waals surface area contributed by atoms with Crippen LogP contribution in [0.3, 0.4) is 0 Å². The topological polar surface area (TPSA) is 41.1 Å². The van der Waals surface area contributed by atoms with Gasteiger partial charge in [0.1, 0.15) is 17.3 Å². The summed E-state index contributed by atoms with van der Waals surface area (Å²) >= 11 is 5.81. The number of halogens is 3. The number of benzene rings is 2. The molecular formula is C15H11ClF2N2O. The van der Waals surface area contributed by atoms with E-state index >= 15 is 0 Å². The summed E-state index contributed by atoms with van der Waals surface area (Å²) in [6.45, 7) is 0. The number of amides is 2. The predicted molar refractivity (Wildman–Crippen MR) is 79.0 cm³/mol. The van der Waals surface area contributed by atoms with Crippen molar-refractivity contribution in [2.24, 2.45) is 0 Å². The van der Waals surface area contributed by atoms with Crippen molar-refractivity contribution in [3.63, 3.8) is 0 Å². The SMILES string of the molecule is O=C(N/C=C/c1cccc(Cl)c1)Nc1c(F)cccc1F. The molecule has 0 aliphatic rings. The Morgan fingerprint density at radius 2 is 1.76 bits per heavy atom. The lowest BCUT2D eigenvalue weighted by molar-refractivity contribution is 0.255. The number of carbonyl (C=O) groups is 1. The third-order valence-corrected chi connectivity index (χ3v) is 2.78. The maximum Gasteiger partial charge on any atom is 0.323 e. The van der Waals surface area contributed by atoms with Crippen molar-refractivity contribution in [1.29, 1.82) is 0 Å². The van der Waals surface area contributed by atoms with Gasteiger partial charge in [0.05, 0.1) is 0 Å². The fraction of sp³-hybridized carbons (Fsp3) is 0. The first-order chi connectivity index (χ1) is 10.1. The van der Waals surface area contributed by atoms with Gasteiger partial charge in [-0.3, -0.25) is 0 Å². The zero-order valence-corrected chi connectivity index (χ0v) is 11.5. The van der Waals surface area contributed by atoms with Gasteiger partial charge >= 0.3 is 6.03 Å².